The van der Waals surface area contributed by atoms with Gasteiger partial charge in [-0.1, -0.05) is 13.8 Å². The van der Waals surface area contributed by atoms with Gasteiger partial charge in [-0.3, -0.25) is 0 Å². The van der Waals surface area contributed by atoms with Gasteiger partial charge in [-0.05, 0) is 36.6 Å². The Morgan fingerprint density at radius 1 is 1.38 bits per heavy atom. The summed E-state index contributed by atoms with van der Waals surface area (Å²) in [5.41, 5.74) is 1.93. The lowest BCUT2D eigenvalue weighted by Gasteiger charge is -2.50. The van der Waals surface area contributed by atoms with E-state index in [1.54, 1.807) is 19.2 Å². The molecule has 0 amide bonds. The predicted molar refractivity (Wildman–Crippen MR) is 81.9 cm³/mol. The minimum Gasteiger partial charge on any atom is -0.384 e. The van der Waals surface area contributed by atoms with Gasteiger partial charge < -0.3 is 10.1 Å². The zero-order valence-corrected chi connectivity index (χ0v) is 13.5. The topological polar surface area (TPSA) is 67.4 Å². The van der Waals surface area contributed by atoms with E-state index in [0.29, 0.717) is 4.90 Å². The van der Waals surface area contributed by atoms with Crippen molar-refractivity contribution in [2.75, 3.05) is 19.0 Å². The monoisotopic (exact) mass is 310 g/mol. The fourth-order valence-electron chi connectivity index (χ4n) is 3.19. The summed E-state index contributed by atoms with van der Waals surface area (Å²) >= 11 is 0. The van der Waals surface area contributed by atoms with E-state index in [9.17, 15) is 8.42 Å². The van der Waals surface area contributed by atoms with Crippen molar-refractivity contribution in [3.8, 4) is 0 Å². The molecule has 0 aromatic heterocycles. The van der Waals surface area contributed by atoms with Crippen molar-refractivity contribution in [1.29, 1.82) is 0 Å². The number of sulfonamides is 1. The van der Waals surface area contributed by atoms with E-state index in [0.717, 1.165) is 30.6 Å². The molecule has 0 saturated heterocycles. The van der Waals surface area contributed by atoms with Crippen LogP contribution in [0.15, 0.2) is 23.1 Å². The lowest BCUT2D eigenvalue weighted by Crippen LogP contribution is -2.61. The Hall–Kier alpha value is -1.11. The summed E-state index contributed by atoms with van der Waals surface area (Å²) in [5.74, 6) is 0. The molecule has 2 aliphatic rings. The molecule has 1 aromatic carbocycles. The van der Waals surface area contributed by atoms with Crippen molar-refractivity contribution in [3.05, 3.63) is 23.8 Å². The van der Waals surface area contributed by atoms with E-state index in [4.69, 9.17) is 4.74 Å². The van der Waals surface area contributed by atoms with Gasteiger partial charge in [-0.15, -0.1) is 0 Å². The Morgan fingerprint density at radius 2 is 2.14 bits per heavy atom. The van der Waals surface area contributed by atoms with Crippen LogP contribution in [-0.2, 0) is 21.2 Å². The van der Waals surface area contributed by atoms with Crippen molar-refractivity contribution >= 4 is 15.7 Å². The molecule has 3 rings (SSSR count). The second kappa shape index (κ2) is 4.97. The molecular weight excluding hydrogens is 288 g/mol. The normalized spacial score (nSPS) is 26.8. The molecule has 0 spiro atoms. The van der Waals surface area contributed by atoms with E-state index in [2.05, 4.69) is 10.0 Å². The highest BCUT2D eigenvalue weighted by molar-refractivity contribution is 7.89. The van der Waals surface area contributed by atoms with Crippen LogP contribution in [0.3, 0.4) is 0 Å². The zero-order valence-electron chi connectivity index (χ0n) is 12.6. The van der Waals surface area contributed by atoms with Crippen LogP contribution in [0.1, 0.15) is 25.8 Å². The SMILES string of the molecule is COC1CC(NS(=O)(=O)c2ccc3c(c2)CCN3)C1(C)C. The standard InChI is InChI=1S/C15H22N2O3S/c1-15(2)13(9-14(15)20-3)17-21(18,19)11-4-5-12-10(8-11)6-7-16-12/h4-5,8,13-14,16-17H,6-7,9H2,1-3H3. The zero-order chi connectivity index (χ0) is 15.3. The first kappa shape index (κ1) is 14.8. The summed E-state index contributed by atoms with van der Waals surface area (Å²) in [5, 5.41) is 3.24. The molecule has 0 radical (unpaired) electrons. The quantitative estimate of drug-likeness (QED) is 0.889. The Morgan fingerprint density at radius 3 is 2.81 bits per heavy atom. The molecule has 1 aliphatic carbocycles. The molecule has 1 saturated carbocycles. The van der Waals surface area contributed by atoms with Crippen LogP contribution in [0, 0.1) is 5.41 Å². The van der Waals surface area contributed by atoms with Crippen LogP contribution in [-0.4, -0.2) is 34.2 Å². The van der Waals surface area contributed by atoms with E-state index < -0.39 is 10.0 Å². The van der Waals surface area contributed by atoms with E-state index in [1.165, 1.54) is 0 Å². The number of anilines is 1. The maximum atomic E-state index is 12.5. The number of rotatable bonds is 4. The molecule has 2 atom stereocenters. The second-order valence-corrected chi connectivity index (χ2v) is 8.16. The largest absolute Gasteiger partial charge is 0.384 e. The first-order valence-corrected chi connectivity index (χ1v) is 8.75. The summed E-state index contributed by atoms with van der Waals surface area (Å²) in [6, 6.07) is 5.20. The fourth-order valence-corrected chi connectivity index (χ4v) is 4.64. The average molecular weight is 310 g/mol. The number of benzene rings is 1. The first-order chi connectivity index (χ1) is 9.84. The summed E-state index contributed by atoms with van der Waals surface area (Å²) in [7, 11) is -1.81. The third-order valence-corrected chi connectivity index (χ3v) is 6.33. The van der Waals surface area contributed by atoms with E-state index in [1.807, 2.05) is 19.9 Å². The number of hydrogen-bond acceptors (Lipinski definition) is 4. The summed E-state index contributed by atoms with van der Waals surface area (Å²) < 4.78 is 33.3. The molecule has 1 fully saturated rings. The number of ether oxygens (including phenoxy) is 1. The Bertz CT molecular complexity index is 655. The van der Waals surface area contributed by atoms with Crippen LogP contribution in [0.5, 0.6) is 0 Å². The van der Waals surface area contributed by atoms with Crippen LogP contribution in [0.2, 0.25) is 0 Å². The molecule has 116 valence electrons. The van der Waals surface area contributed by atoms with Gasteiger partial charge >= 0.3 is 0 Å². The maximum absolute atomic E-state index is 12.5. The number of hydrogen-bond donors (Lipinski definition) is 2. The molecule has 1 heterocycles. The summed E-state index contributed by atoms with van der Waals surface area (Å²) in [6.45, 7) is 4.94. The number of fused-ring (bicyclic) bond motifs is 1. The minimum atomic E-state index is -3.48. The molecule has 21 heavy (non-hydrogen) atoms. The van der Waals surface area contributed by atoms with Crippen LogP contribution in [0.25, 0.3) is 0 Å². The number of nitrogens with one attached hydrogen (secondary N) is 2. The molecule has 2 N–H and O–H groups in total. The highest BCUT2D eigenvalue weighted by Crippen LogP contribution is 2.43. The Labute approximate surface area is 126 Å². The first-order valence-electron chi connectivity index (χ1n) is 7.26. The van der Waals surface area contributed by atoms with Gasteiger partial charge in [-0.2, -0.15) is 0 Å². The van der Waals surface area contributed by atoms with Gasteiger partial charge in [0.2, 0.25) is 10.0 Å². The van der Waals surface area contributed by atoms with Gasteiger partial charge in [0.1, 0.15) is 0 Å². The van der Waals surface area contributed by atoms with Crippen LogP contribution < -0.4 is 10.0 Å². The molecule has 1 aromatic rings. The molecule has 5 nitrogen and oxygen atoms in total. The summed E-state index contributed by atoms with van der Waals surface area (Å²) in [4.78, 5) is 0.349. The third kappa shape index (κ3) is 2.45. The Balaban J connectivity index is 1.79. The van der Waals surface area contributed by atoms with Gasteiger partial charge in [0.15, 0.2) is 0 Å². The second-order valence-electron chi connectivity index (χ2n) is 6.45. The van der Waals surface area contributed by atoms with E-state index >= 15 is 0 Å². The smallest absolute Gasteiger partial charge is 0.240 e. The van der Waals surface area contributed by atoms with Crippen molar-refractivity contribution in [3.63, 3.8) is 0 Å². The van der Waals surface area contributed by atoms with Gasteiger partial charge in [0.25, 0.3) is 0 Å². The average Bonchev–Trinajstić information content (AvgIpc) is 2.90. The van der Waals surface area contributed by atoms with Gasteiger partial charge in [0.05, 0.1) is 11.0 Å². The van der Waals surface area contributed by atoms with Crippen molar-refractivity contribution in [1.82, 2.24) is 4.72 Å². The van der Waals surface area contributed by atoms with Crippen LogP contribution in [0.4, 0.5) is 5.69 Å². The lowest BCUT2D eigenvalue weighted by atomic mass is 9.65. The lowest BCUT2D eigenvalue weighted by molar-refractivity contribution is -0.0908. The Kier molecular flexibility index (Phi) is 3.50. The molecule has 2 unspecified atom stereocenters. The van der Waals surface area contributed by atoms with Gasteiger partial charge in [-0.25, -0.2) is 13.1 Å². The third-order valence-electron chi connectivity index (χ3n) is 4.86. The van der Waals surface area contributed by atoms with Crippen LogP contribution >= 0.6 is 0 Å². The predicted octanol–water partition coefficient (Wildman–Crippen LogP) is 1.75. The summed E-state index contributed by atoms with van der Waals surface area (Å²) in [6.07, 6.45) is 1.70. The fraction of sp³-hybridized carbons (Fsp3) is 0.600. The molecule has 6 heteroatoms. The van der Waals surface area contributed by atoms with Crippen molar-refractivity contribution < 1.29 is 13.2 Å². The minimum absolute atomic E-state index is 0.0844. The van der Waals surface area contributed by atoms with Gasteiger partial charge in [0, 0.05) is 30.8 Å². The number of methoxy groups -OCH3 is 1. The maximum Gasteiger partial charge on any atom is 0.240 e. The van der Waals surface area contributed by atoms with Crippen molar-refractivity contribution in [2.24, 2.45) is 5.41 Å². The molecule has 0 bridgehead atoms. The van der Waals surface area contributed by atoms with Crippen molar-refractivity contribution in [2.45, 2.75) is 43.7 Å². The highest BCUT2D eigenvalue weighted by atomic mass is 32.2. The molecule has 1 aliphatic heterocycles. The molecular formula is C15H22N2O3S. The van der Waals surface area contributed by atoms with E-state index in [-0.39, 0.29) is 17.6 Å². The highest BCUT2D eigenvalue weighted by Gasteiger charge is 2.50.